The number of hydrogen-bond acceptors (Lipinski definition) is 3. The van der Waals surface area contributed by atoms with Gasteiger partial charge in [-0.05, 0) is 12.1 Å². The van der Waals surface area contributed by atoms with Gasteiger partial charge in [0.25, 0.3) is 5.91 Å². The smallest absolute Gasteiger partial charge is 0.251 e. The number of benzene rings is 1. The van der Waals surface area contributed by atoms with E-state index < -0.39 is 5.91 Å². The first-order valence-electron chi connectivity index (χ1n) is 3.71. The number of hydrogen-bond donors (Lipinski definition) is 3. The summed E-state index contributed by atoms with van der Waals surface area (Å²) in [5, 5.41) is 0. The molecule has 0 saturated heterocycles. The number of fused-ring (bicyclic) bond motifs is 1. The van der Waals surface area contributed by atoms with Gasteiger partial charge in [-0.2, -0.15) is 0 Å². The fraction of sp³-hybridized carbons (Fsp3) is 0. The highest BCUT2D eigenvalue weighted by Crippen LogP contribution is 2.18. The van der Waals surface area contributed by atoms with Crippen molar-refractivity contribution in [2.45, 2.75) is 0 Å². The molecule has 1 aromatic carbocycles. The van der Waals surface area contributed by atoms with Gasteiger partial charge < -0.3 is 16.5 Å². The Hall–Kier alpha value is -2.04. The summed E-state index contributed by atoms with van der Waals surface area (Å²) >= 11 is 0. The summed E-state index contributed by atoms with van der Waals surface area (Å²) in [6.45, 7) is 0. The normalized spacial score (nSPS) is 10.5. The lowest BCUT2D eigenvalue weighted by molar-refractivity contribution is 0.100. The molecule has 0 fully saturated rings. The number of aromatic nitrogens is 2. The average Bonchev–Trinajstić information content (AvgIpc) is 2.49. The Kier molecular flexibility index (Phi) is 1.45. The second-order valence-corrected chi connectivity index (χ2v) is 2.73. The molecule has 1 heterocycles. The van der Waals surface area contributed by atoms with E-state index >= 15 is 0 Å². The Balaban J connectivity index is 2.84. The molecule has 2 rings (SSSR count). The first kappa shape index (κ1) is 7.60. The lowest BCUT2D eigenvalue weighted by Crippen LogP contribution is -2.12. The first-order chi connectivity index (χ1) is 6.18. The molecule has 1 amide bonds. The molecule has 0 atom stereocenters. The molecule has 1 aromatic heterocycles. The summed E-state index contributed by atoms with van der Waals surface area (Å²) < 4.78 is 0. The molecule has 5 N–H and O–H groups in total. The summed E-state index contributed by atoms with van der Waals surface area (Å²) in [5.74, 6) is -0.524. The van der Waals surface area contributed by atoms with E-state index in [1.807, 2.05) is 0 Å². The highest BCUT2D eigenvalue weighted by atomic mass is 16.1. The van der Waals surface area contributed by atoms with Crippen LogP contribution in [0.4, 0.5) is 5.69 Å². The number of nitrogens with two attached hydrogens (primary N) is 2. The van der Waals surface area contributed by atoms with Crippen molar-refractivity contribution < 1.29 is 4.79 Å². The van der Waals surface area contributed by atoms with Gasteiger partial charge in [0.05, 0.1) is 17.4 Å². The number of carbonyl (C=O) groups excluding carboxylic acids is 1. The molecular weight excluding hydrogens is 168 g/mol. The monoisotopic (exact) mass is 176 g/mol. The molecule has 0 aliphatic rings. The number of anilines is 1. The van der Waals surface area contributed by atoms with Gasteiger partial charge >= 0.3 is 0 Å². The summed E-state index contributed by atoms with van der Waals surface area (Å²) in [7, 11) is 0. The van der Waals surface area contributed by atoms with E-state index in [1.165, 1.54) is 12.4 Å². The van der Waals surface area contributed by atoms with Crippen molar-refractivity contribution in [1.82, 2.24) is 9.97 Å². The maximum Gasteiger partial charge on any atom is 0.251 e. The molecule has 2 aromatic rings. The molecule has 0 aliphatic heterocycles. The van der Waals surface area contributed by atoms with Crippen LogP contribution < -0.4 is 11.5 Å². The quantitative estimate of drug-likeness (QED) is 0.543. The van der Waals surface area contributed by atoms with Crippen LogP contribution in [-0.4, -0.2) is 15.9 Å². The minimum atomic E-state index is -0.524. The number of nitrogens with one attached hydrogen (secondary N) is 1. The van der Waals surface area contributed by atoms with Gasteiger partial charge in [0.1, 0.15) is 5.52 Å². The first-order valence-corrected chi connectivity index (χ1v) is 3.71. The number of carbonyl (C=O) groups is 1. The zero-order valence-electron chi connectivity index (χ0n) is 6.74. The number of rotatable bonds is 1. The lowest BCUT2D eigenvalue weighted by Gasteiger charge is -1.98. The number of aromatic amines is 1. The topological polar surface area (TPSA) is 97.8 Å². The van der Waals surface area contributed by atoms with Crippen LogP contribution in [-0.2, 0) is 0 Å². The molecule has 13 heavy (non-hydrogen) atoms. The van der Waals surface area contributed by atoms with Crippen LogP contribution in [0.5, 0.6) is 0 Å². The number of H-pyrrole nitrogens is 1. The van der Waals surface area contributed by atoms with Crippen molar-refractivity contribution in [2.24, 2.45) is 5.73 Å². The third-order valence-electron chi connectivity index (χ3n) is 1.81. The van der Waals surface area contributed by atoms with E-state index in [2.05, 4.69) is 9.97 Å². The molecule has 0 spiro atoms. The van der Waals surface area contributed by atoms with Gasteiger partial charge in [-0.1, -0.05) is 0 Å². The van der Waals surface area contributed by atoms with Gasteiger partial charge in [-0.25, -0.2) is 4.98 Å². The van der Waals surface area contributed by atoms with Crippen LogP contribution in [0, 0.1) is 0 Å². The Morgan fingerprint density at radius 3 is 2.92 bits per heavy atom. The van der Waals surface area contributed by atoms with Gasteiger partial charge in [0.15, 0.2) is 0 Å². The van der Waals surface area contributed by atoms with E-state index in [9.17, 15) is 4.79 Å². The minimum Gasteiger partial charge on any atom is -0.399 e. The van der Waals surface area contributed by atoms with Crippen LogP contribution in [0.1, 0.15) is 10.4 Å². The van der Waals surface area contributed by atoms with Gasteiger partial charge in [-0.15, -0.1) is 0 Å². The Morgan fingerprint density at radius 2 is 2.23 bits per heavy atom. The molecule has 5 heteroatoms. The third-order valence-corrected chi connectivity index (χ3v) is 1.81. The van der Waals surface area contributed by atoms with Crippen molar-refractivity contribution in [2.75, 3.05) is 5.73 Å². The van der Waals surface area contributed by atoms with Gasteiger partial charge in [-0.3, -0.25) is 4.79 Å². The van der Waals surface area contributed by atoms with Gasteiger partial charge in [0, 0.05) is 5.69 Å². The number of primary amides is 1. The van der Waals surface area contributed by atoms with Crippen molar-refractivity contribution in [3.63, 3.8) is 0 Å². The summed E-state index contributed by atoms with van der Waals surface area (Å²) in [4.78, 5) is 17.8. The van der Waals surface area contributed by atoms with Crippen LogP contribution in [0.3, 0.4) is 0 Å². The third kappa shape index (κ3) is 1.10. The van der Waals surface area contributed by atoms with E-state index in [-0.39, 0.29) is 0 Å². The average molecular weight is 176 g/mol. The van der Waals surface area contributed by atoms with E-state index in [4.69, 9.17) is 11.5 Å². The fourth-order valence-electron chi connectivity index (χ4n) is 1.26. The molecule has 0 bridgehead atoms. The van der Waals surface area contributed by atoms with E-state index in [1.54, 1.807) is 6.07 Å². The predicted octanol–water partition coefficient (Wildman–Crippen LogP) is 0.244. The number of imidazole rings is 1. The summed E-state index contributed by atoms with van der Waals surface area (Å²) in [5.41, 5.74) is 12.8. The van der Waals surface area contributed by atoms with Crippen LogP contribution >= 0.6 is 0 Å². The molecule has 0 aliphatic carbocycles. The second kappa shape index (κ2) is 2.48. The largest absolute Gasteiger partial charge is 0.399 e. The molecular formula is C8H8N4O. The molecule has 66 valence electrons. The molecule has 0 saturated carbocycles. The Morgan fingerprint density at radius 1 is 1.46 bits per heavy atom. The fourth-order valence-corrected chi connectivity index (χ4v) is 1.26. The zero-order chi connectivity index (χ0) is 9.42. The maximum atomic E-state index is 11.0. The van der Waals surface area contributed by atoms with Crippen molar-refractivity contribution in [3.05, 3.63) is 24.0 Å². The summed E-state index contributed by atoms with van der Waals surface area (Å²) in [6.07, 6.45) is 1.50. The second-order valence-electron chi connectivity index (χ2n) is 2.73. The van der Waals surface area contributed by atoms with E-state index in [0.29, 0.717) is 22.3 Å². The Labute approximate surface area is 73.7 Å². The number of nitrogens with zero attached hydrogens (tertiary/aromatic N) is 1. The highest BCUT2D eigenvalue weighted by molar-refractivity contribution is 6.05. The predicted molar refractivity (Wildman–Crippen MR) is 49.0 cm³/mol. The highest BCUT2D eigenvalue weighted by Gasteiger charge is 2.09. The standard InChI is InChI=1S/C8H8N4O/c9-4-1-5(8(10)13)7-6(2-4)11-3-12-7/h1-3H,9H2,(H2,10,13)(H,11,12). The van der Waals surface area contributed by atoms with Gasteiger partial charge in [0.2, 0.25) is 0 Å². The summed E-state index contributed by atoms with van der Waals surface area (Å²) in [6, 6.07) is 3.22. The minimum absolute atomic E-state index is 0.344. The molecule has 0 radical (unpaired) electrons. The van der Waals surface area contributed by atoms with Crippen molar-refractivity contribution >= 4 is 22.6 Å². The van der Waals surface area contributed by atoms with Crippen molar-refractivity contribution in [3.8, 4) is 0 Å². The SMILES string of the molecule is NC(=O)c1cc(N)cc2[nH]cnc12. The zero-order valence-corrected chi connectivity index (χ0v) is 6.74. The molecule has 0 unspecified atom stereocenters. The van der Waals surface area contributed by atoms with Crippen LogP contribution in [0.25, 0.3) is 11.0 Å². The lowest BCUT2D eigenvalue weighted by atomic mass is 10.1. The van der Waals surface area contributed by atoms with Crippen LogP contribution in [0.15, 0.2) is 18.5 Å². The molecule has 5 nitrogen and oxygen atoms in total. The van der Waals surface area contributed by atoms with E-state index in [0.717, 1.165) is 0 Å². The number of amides is 1. The number of nitrogen functional groups attached to an aromatic ring is 1. The maximum absolute atomic E-state index is 11.0. The Bertz CT molecular complexity index is 474. The van der Waals surface area contributed by atoms with Crippen molar-refractivity contribution in [1.29, 1.82) is 0 Å². The van der Waals surface area contributed by atoms with Crippen LogP contribution in [0.2, 0.25) is 0 Å².